The smallest absolute Gasteiger partial charge is 0.229 e. The summed E-state index contributed by atoms with van der Waals surface area (Å²) in [4.78, 5) is 8.72. The lowest BCUT2D eigenvalue weighted by molar-refractivity contribution is 0.413. The maximum absolute atomic E-state index is 13.8. The highest BCUT2D eigenvalue weighted by Crippen LogP contribution is 2.33. The topological polar surface area (TPSA) is 122 Å². The first-order valence-electron chi connectivity index (χ1n) is 9.24. The second-order valence-electron chi connectivity index (χ2n) is 6.88. The summed E-state index contributed by atoms with van der Waals surface area (Å²) in [6.07, 6.45) is 2.56. The number of fused-ring (bicyclic) bond motifs is 1. The molecule has 9 nitrogen and oxygen atoms in total. The third-order valence-corrected chi connectivity index (χ3v) is 5.78. The van der Waals surface area contributed by atoms with Gasteiger partial charge in [0, 0.05) is 42.7 Å². The Labute approximate surface area is 181 Å². The molecule has 32 heavy (non-hydrogen) atoms. The predicted octanol–water partition coefficient (Wildman–Crippen LogP) is 3.50. The molecule has 4 aromatic rings. The van der Waals surface area contributed by atoms with Crippen molar-refractivity contribution in [2.24, 2.45) is 0 Å². The van der Waals surface area contributed by atoms with Gasteiger partial charge in [-0.25, -0.2) is 22.2 Å². The van der Waals surface area contributed by atoms with E-state index in [-0.39, 0.29) is 10.8 Å². The van der Waals surface area contributed by atoms with Crippen molar-refractivity contribution in [2.75, 3.05) is 31.0 Å². The van der Waals surface area contributed by atoms with Gasteiger partial charge in [0.25, 0.3) is 0 Å². The third-order valence-electron chi connectivity index (χ3n) is 4.68. The summed E-state index contributed by atoms with van der Waals surface area (Å²) in [6.45, 7) is 0. The van der Waals surface area contributed by atoms with Gasteiger partial charge < -0.3 is 15.4 Å². The Kier molecular flexibility index (Phi) is 5.38. The minimum Gasteiger partial charge on any atom is -0.497 e. The number of rotatable bonds is 6. The van der Waals surface area contributed by atoms with E-state index in [0.717, 1.165) is 18.4 Å². The van der Waals surface area contributed by atoms with Crippen LogP contribution >= 0.6 is 0 Å². The van der Waals surface area contributed by atoms with Gasteiger partial charge in [0.15, 0.2) is 21.5 Å². The van der Waals surface area contributed by atoms with Crippen LogP contribution in [0.2, 0.25) is 0 Å². The van der Waals surface area contributed by atoms with Crippen molar-refractivity contribution in [3.05, 3.63) is 48.2 Å². The molecule has 0 amide bonds. The van der Waals surface area contributed by atoms with Gasteiger partial charge in [-0.05, 0) is 18.2 Å². The Morgan fingerprint density at radius 3 is 2.53 bits per heavy atom. The zero-order valence-electron chi connectivity index (χ0n) is 17.2. The largest absolute Gasteiger partial charge is 0.497 e. The van der Waals surface area contributed by atoms with Gasteiger partial charge in [0.2, 0.25) is 5.95 Å². The molecule has 0 unspecified atom stereocenters. The summed E-state index contributed by atoms with van der Waals surface area (Å²) < 4.78 is 56.3. The van der Waals surface area contributed by atoms with Crippen molar-refractivity contribution in [3.63, 3.8) is 0 Å². The highest BCUT2D eigenvalue weighted by Gasteiger charge is 2.17. The van der Waals surface area contributed by atoms with Crippen molar-refractivity contribution in [1.29, 1.82) is 0 Å². The number of anilines is 3. The molecular weight excluding hydrogens is 442 g/mol. The van der Waals surface area contributed by atoms with E-state index < -0.39 is 21.5 Å². The maximum Gasteiger partial charge on any atom is 0.229 e. The predicted molar refractivity (Wildman–Crippen MR) is 116 cm³/mol. The second-order valence-corrected chi connectivity index (χ2v) is 8.90. The molecule has 2 heterocycles. The number of H-pyrrole nitrogens is 1. The van der Waals surface area contributed by atoms with Crippen LogP contribution in [0.1, 0.15) is 0 Å². The molecule has 0 aliphatic carbocycles. The molecule has 0 aliphatic rings. The zero-order chi connectivity index (χ0) is 23.0. The first kappa shape index (κ1) is 21.4. The van der Waals surface area contributed by atoms with E-state index in [1.165, 1.54) is 25.4 Å². The molecule has 2 aromatic carbocycles. The van der Waals surface area contributed by atoms with Gasteiger partial charge in [-0.1, -0.05) is 0 Å². The van der Waals surface area contributed by atoms with Crippen LogP contribution in [0, 0.1) is 11.6 Å². The molecule has 12 heteroatoms. The first-order chi connectivity index (χ1) is 15.2. The lowest BCUT2D eigenvalue weighted by atomic mass is 10.1. The van der Waals surface area contributed by atoms with Crippen LogP contribution in [0.15, 0.2) is 41.4 Å². The molecular formula is C20H18F2N6O3S. The van der Waals surface area contributed by atoms with Gasteiger partial charge in [0.05, 0.1) is 23.1 Å². The first-order valence-corrected chi connectivity index (χ1v) is 11.1. The van der Waals surface area contributed by atoms with Gasteiger partial charge in [-0.2, -0.15) is 10.1 Å². The Hall–Kier alpha value is -3.80. The Bertz CT molecular complexity index is 1440. The molecule has 0 bridgehead atoms. The van der Waals surface area contributed by atoms with Crippen LogP contribution < -0.4 is 15.4 Å². The number of aromatic amines is 1. The number of nitrogens with one attached hydrogen (secondary N) is 3. The van der Waals surface area contributed by atoms with Crippen LogP contribution in [0.25, 0.3) is 22.2 Å². The molecule has 0 saturated heterocycles. The van der Waals surface area contributed by atoms with E-state index >= 15 is 0 Å². The van der Waals surface area contributed by atoms with Crippen LogP contribution in [0.3, 0.4) is 0 Å². The van der Waals surface area contributed by atoms with Crippen molar-refractivity contribution in [2.45, 2.75) is 4.90 Å². The van der Waals surface area contributed by atoms with Crippen molar-refractivity contribution in [3.8, 4) is 17.0 Å². The fraction of sp³-hybridized carbons (Fsp3) is 0.150. The van der Waals surface area contributed by atoms with E-state index in [9.17, 15) is 17.2 Å². The molecule has 2 aromatic heterocycles. The number of ether oxygens (including phenoxy) is 1. The second kappa shape index (κ2) is 8.04. The Balaban J connectivity index is 1.74. The zero-order valence-corrected chi connectivity index (χ0v) is 18.0. The van der Waals surface area contributed by atoms with Crippen LogP contribution in [-0.4, -0.2) is 49.0 Å². The lowest BCUT2D eigenvalue weighted by Crippen LogP contribution is -2.04. The average molecular weight is 460 g/mol. The summed E-state index contributed by atoms with van der Waals surface area (Å²) in [5.74, 6) is -1.10. The number of hydrogen-bond acceptors (Lipinski definition) is 8. The third kappa shape index (κ3) is 4.04. The van der Waals surface area contributed by atoms with Crippen LogP contribution in [0.5, 0.6) is 5.75 Å². The number of nitrogens with zero attached hydrogens (tertiary/aromatic N) is 3. The minimum absolute atomic E-state index is 0.0714. The Morgan fingerprint density at radius 2 is 1.84 bits per heavy atom. The van der Waals surface area contributed by atoms with Crippen LogP contribution in [0.4, 0.5) is 26.2 Å². The van der Waals surface area contributed by atoms with Gasteiger partial charge in [-0.3, -0.25) is 5.10 Å². The van der Waals surface area contributed by atoms with Crippen molar-refractivity contribution < 1.29 is 21.9 Å². The summed E-state index contributed by atoms with van der Waals surface area (Å²) in [7, 11) is -0.403. The number of sulfone groups is 1. The van der Waals surface area contributed by atoms with E-state index in [2.05, 4.69) is 30.8 Å². The normalized spacial score (nSPS) is 11.5. The summed E-state index contributed by atoms with van der Waals surface area (Å²) >= 11 is 0. The lowest BCUT2D eigenvalue weighted by Gasteiger charge is -2.12. The monoisotopic (exact) mass is 460 g/mol. The number of aromatic nitrogens is 4. The molecule has 0 radical (unpaired) electrons. The number of hydrogen-bond donors (Lipinski definition) is 3. The quantitative estimate of drug-likeness (QED) is 0.400. The molecule has 4 rings (SSSR count). The van der Waals surface area contributed by atoms with E-state index in [4.69, 9.17) is 4.74 Å². The van der Waals surface area contributed by atoms with E-state index in [1.54, 1.807) is 13.1 Å². The molecule has 0 atom stereocenters. The standard InChI is InChI=1S/C20H18F2N6O3S/c1-23-19-14(18-13-7-15(21)16(22)8-17(13)27-28-18)9-24-20(26-19)25-10-4-11(31-2)6-12(5-10)32(3,29)30/h4-9H,1-3H3,(H,27,28)(H2,23,24,25,26). The molecule has 0 aliphatic heterocycles. The SMILES string of the molecule is CNc1nc(Nc2cc(OC)cc(S(C)(=O)=O)c2)ncc1-c1n[nH]c2cc(F)c(F)cc12. The number of methoxy groups -OCH3 is 1. The average Bonchev–Trinajstić information content (AvgIpc) is 3.15. The number of benzene rings is 2. The van der Waals surface area contributed by atoms with Gasteiger partial charge in [-0.15, -0.1) is 0 Å². The summed E-state index contributed by atoms with van der Waals surface area (Å²) in [5, 5.41) is 13.1. The maximum atomic E-state index is 13.8. The molecule has 0 spiro atoms. The van der Waals surface area contributed by atoms with E-state index in [0.29, 0.717) is 39.4 Å². The molecule has 166 valence electrons. The highest BCUT2D eigenvalue weighted by atomic mass is 32.2. The molecule has 0 saturated carbocycles. The van der Waals surface area contributed by atoms with Crippen molar-refractivity contribution >= 4 is 38.2 Å². The fourth-order valence-corrected chi connectivity index (χ4v) is 3.80. The molecule has 3 N–H and O–H groups in total. The fourth-order valence-electron chi connectivity index (χ4n) is 3.13. The van der Waals surface area contributed by atoms with E-state index in [1.807, 2.05) is 0 Å². The van der Waals surface area contributed by atoms with Gasteiger partial charge in [0.1, 0.15) is 17.3 Å². The highest BCUT2D eigenvalue weighted by molar-refractivity contribution is 7.90. The van der Waals surface area contributed by atoms with Crippen LogP contribution in [-0.2, 0) is 9.84 Å². The van der Waals surface area contributed by atoms with Gasteiger partial charge >= 0.3 is 0 Å². The van der Waals surface area contributed by atoms with Crippen molar-refractivity contribution in [1.82, 2.24) is 20.2 Å². The summed E-state index contributed by atoms with van der Waals surface area (Å²) in [6, 6.07) is 6.53. The Morgan fingerprint density at radius 1 is 1.09 bits per heavy atom. The summed E-state index contributed by atoms with van der Waals surface area (Å²) in [5.41, 5.74) is 1.53. The molecule has 0 fully saturated rings. The minimum atomic E-state index is -3.47. The number of halogens is 2.